The number of methoxy groups -OCH3 is 1. The third-order valence-electron chi connectivity index (χ3n) is 2.57. The molecule has 1 aromatic rings. The smallest absolute Gasteiger partial charge is 0.356 e. The van der Waals surface area contributed by atoms with E-state index in [2.05, 4.69) is 21.2 Å². The molecule has 0 saturated heterocycles. The van der Waals surface area contributed by atoms with Gasteiger partial charge >= 0.3 is 5.97 Å². The van der Waals surface area contributed by atoms with Gasteiger partial charge < -0.3 is 14.8 Å². The van der Waals surface area contributed by atoms with Crippen LogP contribution in [-0.2, 0) is 9.53 Å². The normalized spacial score (nSPS) is 19.2. The fourth-order valence-corrected chi connectivity index (χ4v) is 2.38. The largest absolute Gasteiger partial charge is 0.497 e. The van der Waals surface area contributed by atoms with Crippen LogP contribution in [0.25, 0.3) is 0 Å². The summed E-state index contributed by atoms with van der Waals surface area (Å²) in [4.78, 5) is 11.5. The molecule has 2 rings (SSSR count). The van der Waals surface area contributed by atoms with E-state index in [1.54, 1.807) is 14.2 Å². The fraction of sp³-hybridized carbons (Fsp3) is 0.250. The summed E-state index contributed by atoms with van der Waals surface area (Å²) in [5.74, 6) is 0.423. The predicted octanol–water partition coefficient (Wildman–Crippen LogP) is 2.12. The van der Waals surface area contributed by atoms with Crippen LogP contribution in [0.15, 0.2) is 34.4 Å². The van der Waals surface area contributed by atoms with E-state index in [4.69, 9.17) is 9.47 Å². The first-order valence-corrected chi connectivity index (χ1v) is 5.89. The zero-order valence-corrected chi connectivity index (χ0v) is 11.1. The van der Waals surface area contributed by atoms with Gasteiger partial charge in [-0.15, -0.1) is 0 Å². The minimum Gasteiger partial charge on any atom is -0.497 e. The summed E-state index contributed by atoms with van der Waals surface area (Å²) in [6.45, 7) is 0. The molecule has 0 amide bonds. The number of nitrogens with one attached hydrogen (secondary N) is 1. The van der Waals surface area contributed by atoms with E-state index in [-0.39, 0.29) is 12.1 Å². The Labute approximate surface area is 108 Å². The van der Waals surface area contributed by atoms with Gasteiger partial charge in [0.2, 0.25) is 0 Å². The Morgan fingerprint density at radius 2 is 2.00 bits per heavy atom. The average molecular weight is 298 g/mol. The minimum absolute atomic E-state index is 0.347. The lowest BCUT2D eigenvalue weighted by Crippen LogP contribution is -2.13. The second-order valence-corrected chi connectivity index (χ2v) is 4.39. The molecule has 0 saturated carbocycles. The Balaban J connectivity index is 2.29. The molecule has 0 radical (unpaired) electrons. The van der Waals surface area contributed by atoms with E-state index in [1.807, 2.05) is 24.3 Å². The molecule has 0 aromatic heterocycles. The van der Waals surface area contributed by atoms with Gasteiger partial charge in [0.25, 0.3) is 0 Å². The van der Waals surface area contributed by atoms with Crippen LogP contribution in [0.1, 0.15) is 11.7 Å². The van der Waals surface area contributed by atoms with Crippen molar-refractivity contribution < 1.29 is 14.3 Å². The van der Waals surface area contributed by atoms with Crippen LogP contribution < -0.4 is 10.1 Å². The summed E-state index contributed by atoms with van der Waals surface area (Å²) in [5.41, 5.74) is 1.36. The van der Waals surface area contributed by atoms with Crippen LogP contribution in [0.5, 0.6) is 5.75 Å². The van der Waals surface area contributed by atoms with E-state index in [1.165, 1.54) is 0 Å². The summed E-state index contributed by atoms with van der Waals surface area (Å²) >= 11 is 3.38. The van der Waals surface area contributed by atoms with Crippen molar-refractivity contribution in [1.82, 2.24) is 5.32 Å². The Bertz CT molecular complexity index is 467. The number of carbonyl (C=O) groups excluding carboxylic acids is 1. The van der Waals surface area contributed by atoms with E-state index < -0.39 is 0 Å². The molecule has 0 aliphatic carbocycles. The highest BCUT2D eigenvalue weighted by molar-refractivity contribution is 9.11. The quantitative estimate of drug-likeness (QED) is 0.868. The van der Waals surface area contributed by atoms with Gasteiger partial charge in [-0.1, -0.05) is 12.1 Å². The fourth-order valence-electron chi connectivity index (χ4n) is 1.66. The highest BCUT2D eigenvalue weighted by Gasteiger charge is 2.33. The first kappa shape index (κ1) is 12.0. The van der Waals surface area contributed by atoms with Crippen molar-refractivity contribution in [3.8, 4) is 5.75 Å². The molecule has 1 aliphatic rings. The van der Waals surface area contributed by atoms with Crippen molar-refractivity contribution in [1.29, 1.82) is 0 Å². The Kier molecular flexibility index (Phi) is 3.38. The number of cyclic esters (lactones) is 1. The van der Waals surface area contributed by atoms with E-state index >= 15 is 0 Å². The number of ether oxygens (including phenoxy) is 2. The number of halogens is 1. The molecule has 1 unspecified atom stereocenters. The van der Waals surface area contributed by atoms with Gasteiger partial charge in [0, 0.05) is 7.05 Å². The SMILES string of the molecule is CNC1=C(Br)C(c2ccc(OC)cc2)OC1=O. The first-order chi connectivity index (χ1) is 8.17. The molecule has 1 N–H and O–H groups in total. The number of esters is 1. The molecule has 4 nitrogen and oxygen atoms in total. The number of rotatable bonds is 3. The van der Waals surface area contributed by atoms with Gasteiger partial charge in [0.15, 0.2) is 6.10 Å². The van der Waals surface area contributed by atoms with Crippen LogP contribution >= 0.6 is 15.9 Å². The molecule has 90 valence electrons. The third kappa shape index (κ3) is 2.15. The number of benzene rings is 1. The zero-order chi connectivity index (χ0) is 12.4. The van der Waals surface area contributed by atoms with Crippen molar-refractivity contribution >= 4 is 21.9 Å². The maximum atomic E-state index is 11.5. The second kappa shape index (κ2) is 4.79. The van der Waals surface area contributed by atoms with Gasteiger partial charge in [-0.25, -0.2) is 4.79 Å². The van der Waals surface area contributed by atoms with Crippen molar-refractivity contribution in [2.75, 3.05) is 14.2 Å². The first-order valence-electron chi connectivity index (χ1n) is 5.09. The van der Waals surface area contributed by atoms with Gasteiger partial charge in [-0.3, -0.25) is 0 Å². The number of likely N-dealkylation sites (N-methyl/N-ethyl adjacent to an activating group) is 1. The number of hydrogen-bond acceptors (Lipinski definition) is 4. The molecular weight excluding hydrogens is 286 g/mol. The van der Waals surface area contributed by atoms with E-state index in [0.717, 1.165) is 15.8 Å². The summed E-state index contributed by atoms with van der Waals surface area (Å²) in [5, 5.41) is 2.82. The molecule has 1 atom stereocenters. The van der Waals surface area contributed by atoms with Crippen LogP contribution in [0.3, 0.4) is 0 Å². The predicted molar refractivity (Wildman–Crippen MR) is 66.8 cm³/mol. The zero-order valence-electron chi connectivity index (χ0n) is 9.49. The average Bonchev–Trinajstić information content (AvgIpc) is 2.64. The Morgan fingerprint density at radius 3 is 2.47 bits per heavy atom. The summed E-state index contributed by atoms with van der Waals surface area (Å²) in [7, 11) is 3.30. The monoisotopic (exact) mass is 297 g/mol. The van der Waals surface area contributed by atoms with Gasteiger partial charge in [0.05, 0.1) is 11.6 Å². The highest BCUT2D eigenvalue weighted by Crippen LogP contribution is 2.38. The minimum atomic E-state index is -0.379. The molecule has 1 heterocycles. The lowest BCUT2D eigenvalue weighted by molar-refractivity contribution is -0.140. The topological polar surface area (TPSA) is 47.6 Å². The lowest BCUT2D eigenvalue weighted by Gasteiger charge is -2.11. The van der Waals surface area contributed by atoms with Gasteiger partial charge in [-0.05, 0) is 33.6 Å². The van der Waals surface area contributed by atoms with Crippen LogP contribution in [0, 0.1) is 0 Å². The molecule has 5 heteroatoms. The van der Waals surface area contributed by atoms with Crippen molar-refractivity contribution in [2.24, 2.45) is 0 Å². The third-order valence-corrected chi connectivity index (χ3v) is 3.38. The molecule has 1 aromatic carbocycles. The van der Waals surface area contributed by atoms with Crippen molar-refractivity contribution in [3.05, 3.63) is 40.0 Å². The summed E-state index contributed by atoms with van der Waals surface area (Å²) in [6, 6.07) is 7.41. The van der Waals surface area contributed by atoms with Gasteiger partial charge in [-0.2, -0.15) is 0 Å². The van der Waals surface area contributed by atoms with E-state index in [9.17, 15) is 4.79 Å². The second-order valence-electron chi connectivity index (χ2n) is 3.53. The summed E-state index contributed by atoms with van der Waals surface area (Å²) < 4.78 is 11.1. The highest BCUT2D eigenvalue weighted by atomic mass is 79.9. The maximum Gasteiger partial charge on any atom is 0.356 e. The van der Waals surface area contributed by atoms with E-state index in [0.29, 0.717) is 5.70 Å². The molecule has 0 spiro atoms. The molecule has 0 fully saturated rings. The van der Waals surface area contributed by atoms with Crippen LogP contribution in [0.2, 0.25) is 0 Å². The molecular formula is C12H12BrNO3. The van der Waals surface area contributed by atoms with Crippen molar-refractivity contribution in [2.45, 2.75) is 6.10 Å². The number of carbonyl (C=O) groups is 1. The molecule has 1 aliphatic heterocycles. The van der Waals surface area contributed by atoms with Crippen LogP contribution in [-0.4, -0.2) is 20.1 Å². The number of hydrogen-bond donors (Lipinski definition) is 1. The van der Waals surface area contributed by atoms with Gasteiger partial charge in [0.1, 0.15) is 11.4 Å². The Morgan fingerprint density at radius 1 is 1.35 bits per heavy atom. The van der Waals surface area contributed by atoms with Crippen LogP contribution in [0.4, 0.5) is 0 Å². The summed E-state index contributed by atoms with van der Waals surface area (Å²) in [6.07, 6.45) is -0.379. The lowest BCUT2D eigenvalue weighted by atomic mass is 10.1. The Hall–Kier alpha value is -1.49. The maximum absolute atomic E-state index is 11.5. The molecule has 0 bridgehead atoms. The molecule has 17 heavy (non-hydrogen) atoms. The standard InChI is InChI=1S/C12H12BrNO3/c1-14-10-9(13)11(17-12(10)15)7-3-5-8(16-2)6-4-7/h3-6,11,14H,1-2H3. The van der Waals surface area contributed by atoms with Crippen molar-refractivity contribution in [3.63, 3.8) is 0 Å².